The van der Waals surface area contributed by atoms with E-state index in [1.807, 2.05) is 48.5 Å². The molecule has 3 aromatic rings. The lowest BCUT2D eigenvalue weighted by molar-refractivity contribution is -0.136. The summed E-state index contributed by atoms with van der Waals surface area (Å²) < 4.78 is 5.27. The van der Waals surface area contributed by atoms with E-state index in [1.54, 1.807) is 37.4 Å². The minimum atomic E-state index is -0.353. The van der Waals surface area contributed by atoms with Gasteiger partial charge >= 0.3 is 0 Å². The molecule has 3 aromatic carbocycles. The van der Waals surface area contributed by atoms with E-state index in [0.717, 1.165) is 5.56 Å². The molecule has 5 nitrogen and oxygen atoms in total. The quantitative estimate of drug-likeness (QED) is 0.546. The summed E-state index contributed by atoms with van der Waals surface area (Å²) in [5.41, 5.74) is 2.93. The summed E-state index contributed by atoms with van der Waals surface area (Å²) in [6, 6.07) is 23.9. The fourth-order valence-electron chi connectivity index (χ4n) is 3.51. The van der Waals surface area contributed by atoms with Crippen molar-refractivity contribution in [3.8, 4) is 5.75 Å². The minimum Gasteiger partial charge on any atom is -0.497 e. The smallest absolute Gasteiger partial charge is 0.278 e. The first-order chi connectivity index (χ1) is 15.1. The van der Waals surface area contributed by atoms with Gasteiger partial charge in [-0.1, -0.05) is 60.1 Å². The third-order valence-corrected chi connectivity index (χ3v) is 5.36. The zero-order chi connectivity index (χ0) is 21.8. The van der Waals surface area contributed by atoms with Crippen molar-refractivity contribution in [3.05, 3.63) is 101 Å². The van der Waals surface area contributed by atoms with E-state index < -0.39 is 0 Å². The molecule has 4 rings (SSSR count). The SMILES string of the molecule is COc1cccc(NC2=C(c3ccc(Cl)cc3)C(=O)N(CCc3ccccc3)C2=O)c1. The zero-order valence-electron chi connectivity index (χ0n) is 17.0. The molecule has 1 N–H and O–H groups in total. The van der Waals surface area contributed by atoms with Crippen LogP contribution in [-0.4, -0.2) is 30.4 Å². The van der Waals surface area contributed by atoms with Crippen LogP contribution in [0.5, 0.6) is 5.75 Å². The van der Waals surface area contributed by atoms with Gasteiger partial charge in [-0.25, -0.2) is 0 Å². The van der Waals surface area contributed by atoms with Gasteiger partial charge in [0.2, 0.25) is 0 Å². The number of methoxy groups -OCH3 is 1. The molecule has 0 unspecified atom stereocenters. The number of anilines is 1. The van der Waals surface area contributed by atoms with Crippen LogP contribution in [0.25, 0.3) is 5.57 Å². The van der Waals surface area contributed by atoms with Gasteiger partial charge < -0.3 is 10.1 Å². The number of rotatable bonds is 7. The topological polar surface area (TPSA) is 58.6 Å². The Morgan fingerprint density at radius 1 is 0.903 bits per heavy atom. The van der Waals surface area contributed by atoms with E-state index in [1.165, 1.54) is 4.90 Å². The number of hydrogen-bond donors (Lipinski definition) is 1. The molecule has 1 aliphatic rings. The molecule has 0 atom stereocenters. The van der Waals surface area contributed by atoms with Gasteiger partial charge in [0.25, 0.3) is 11.8 Å². The fourth-order valence-corrected chi connectivity index (χ4v) is 3.64. The Bertz CT molecular complexity index is 1140. The molecule has 0 bridgehead atoms. The van der Waals surface area contributed by atoms with Crippen molar-refractivity contribution < 1.29 is 14.3 Å². The van der Waals surface area contributed by atoms with Crippen LogP contribution in [0.2, 0.25) is 5.02 Å². The number of hydrogen-bond acceptors (Lipinski definition) is 4. The lowest BCUT2D eigenvalue weighted by atomic mass is 10.0. The second-order valence-electron chi connectivity index (χ2n) is 7.11. The van der Waals surface area contributed by atoms with Crippen LogP contribution in [0.1, 0.15) is 11.1 Å². The fraction of sp³-hybridized carbons (Fsp3) is 0.120. The minimum absolute atomic E-state index is 0.244. The highest BCUT2D eigenvalue weighted by atomic mass is 35.5. The normalized spacial score (nSPS) is 13.7. The molecule has 1 aliphatic heterocycles. The maximum atomic E-state index is 13.3. The summed E-state index contributed by atoms with van der Waals surface area (Å²) in [6.07, 6.45) is 0.582. The molecular formula is C25H21ClN2O3. The van der Waals surface area contributed by atoms with Gasteiger partial charge in [0.15, 0.2) is 0 Å². The molecule has 0 aliphatic carbocycles. The van der Waals surface area contributed by atoms with Crippen molar-refractivity contribution in [2.45, 2.75) is 6.42 Å². The number of nitrogens with one attached hydrogen (secondary N) is 1. The molecule has 1 heterocycles. The Kier molecular flexibility index (Phi) is 6.05. The lowest BCUT2D eigenvalue weighted by Gasteiger charge is -2.15. The maximum Gasteiger partial charge on any atom is 0.278 e. The highest BCUT2D eigenvalue weighted by Gasteiger charge is 2.38. The van der Waals surface area contributed by atoms with Gasteiger partial charge in [0, 0.05) is 23.3 Å². The third kappa shape index (κ3) is 4.47. The van der Waals surface area contributed by atoms with E-state index in [4.69, 9.17) is 16.3 Å². The average Bonchev–Trinajstić information content (AvgIpc) is 3.03. The number of amides is 2. The number of imide groups is 1. The zero-order valence-corrected chi connectivity index (χ0v) is 17.7. The molecule has 0 radical (unpaired) electrons. The Morgan fingerprint density at radius 2 is 1.65 bits per heavy atom. The van der Waals surface area contributed by atoms with Gasteiger partial charge in [0.1, 0.15) is 11.4 Å². The summed E-state index contributed by atoms with van der Waals surface area (Å²) in [6.45, 7) is 0.294. The third-order valence-electron chi connectivity index (χ3n) is 5.11. The first-order valence-corrected chi connectivity index (χ1v) is 10.3. The van der Waals surface area contributed by atoms with Crippen LogP contribution in [0.15, 0.2) is 84.6 Å². The van der Waals surface area contributed by atoms with E-state index in [2.05, 4.69) is 5.32 Å². The summed E-state index contributed by atoms with van der Waals surface area (Å²) in [5.74, 6) is -0.0290. The largest absolute Gasteiger partial charge is 0.497 e. The van der Waals surface area contributed by atoms with Crippen molar-refractivity contribution in [1.82, 2.24) is 4.90 Å². The molecule has 0 fully saturated rings. The Balaban J connectivity index is 1.67. The van der Waals surface area contributed by atoms with Crippen LogP contribution < -0.4 is 10.1 Å². The average molecular weight is 433 g/mol. The van der Waals surface area contributed by atoms with Gasteiger partial charge in [-0.2, -0.15) is 0 Å². The van der Waals surface area contributed by atoms with Crippen LogP contribution in [0, 0.1) is 0 Å². The van der Waals surface area contributed by atoms with Crippen LogP contribution >= 0.6 is 11.6 Å². The Morgan fingerprint density at radius 3 is 2.35 bits per heavy atom. The lowest BCUT2D eigenvalue weighted by Crippen LogP contribution is -2.34. The van der Waals surface area contributed by atoms with Crippen LogP contribution in [0.3, 0.4) is 0 Å². The number of benzene rings is 3. The summed E-state index contributed by atoms with van der Waals surface area (Å²) >= 11 is 6.02. The Labute approximate surface area is 185 Å². The van der Waals surface area contributed by atoms with E-state index in [0.29, 0.717) is 40.6 Å². The standard InChI is InChI=1S/C25H21ClN2O3/c1-31-21-9-5-8-20(16-21)27-23-22(18-10-12-19(26)13-11-18)24(29)28(25(23)30)15-14-17-6-3-2-4-7-17/h2-13,16,27H,14-15H2,1H3. The van der Waals surface area contributed by atoms with Gasteiger partial charge in [-0.15, -0.1) is 0 Å². The molecule has 31 heavy (non-hydrogen) atoms. The number of carbonyl (C=O) groups excluding carboxylic acids is 2. The molecule has 0 saturated carbocycles. The first-order valence-electron chi connectivity index (χ1n) is 9.88. The molecule has 0 spiro atoms. The number of carbonyl (C=O) groups is 2. The van der Waals surface area contributed by atoms with Crippen molar-refractivity contribution >= 4 is 34.7 Å². The summed E-state index contributed by atoms with van der Waals surface area (Å²) in [5, 5.41) is 3.70. The second kappa shape index (κ2) is 9.06. The van der Waals surface area contributed by atoms with Crippen molar-refractivity contribution in [2.24, 2.45) is 0 Å². The van der Waals surface area contributed by atoms with Crippen LogP contribution in [-0.2, 0) is 16.0 Å². The number of ether oxygens (including phenoxy) is 1. The highest BCUT2D eigenvalue weighted by Crippen LogP contribution is 2.32. The van der Waals surface area contributed by atoms with Gasteiger partial charge in [-0.3, -0.25) is 14.5 Å². The first kappa shape index (κ1) is 20.7. The van der Waals surface area contributed by atoms with E-state index in [9.17, 15) is 9.59 Å². The summed E-state index contributed by atoms with van der Waals surface area (Å²) in [7, 11) is 1.58. The Hall–Kier alpha value is -3.57. The molecule has 156 valence electrons. The van der Waals surface area contributed by atoms with Gasteiger partial charge in [-0.05, 0) is 41.8 Å². The predicted molar refractivity (Wildman–Crippen MR) is 122 cm³/mol. The van der Waals surface area contributed by atoms with E-state index in [-0.39, 0.29) is 17.5 Å². The molecular weight excluding hydrogens is 412 g/mol. The molecule has 0 saturated heterocycles. The number of nitrogens with zero attached hydrogens (tertiary/aromatic N) is 1. The van der Waals surface area contributed by atoms with Crippen molar-refractivity contribution in [2.75, 3.05) is 19.0 Å². The highest BCUT2D eigenvalue weighted by molar-refractivity contribution is 6.36. The van der Waals surface area contributed by atoms with E-state index >= 15 is 0 Å². The molecule has 0 aromatic heterocycles. The second-order valence-corrected chi connectivity index (χ2v) is 7.55. The molecule has 2 amide bonds. The summed E-state index contributed by atoms with van der Waals surface area (Å²) in [4.78, 5) is 27.9. The monoisotopic (exact) mass is 432 g/mol. The number of halogens is 1. The van der Waals surface area contributed by atoms with Gasteiger partial charge in [0.05, 0.1) is 12.7 Å². The van der Waals surface area contributed by atoms with Crippen molar-refractivity contribution in [1.29, 1.82) is 0 Å². The van der Waals surface area contributed by atoms with Crippen LogP contribution in [0.4, 0.5) is 5.69 Å². The maximum absolute atomic E-state index is 13.3. The van der Waals surface area contributed by atoms with Crippen molar-refractivity contribution in [3.63, 3.8) is 0 Å². The predicted octanol–water partition coefficient (Wildman–Crippen LogP) is 4.78. The molecule has 6 heteroatoms.